The van der Waals surface area contributed by atoms with Crippen molar-refractivity contribution in [3.63, 3.8) is 0 Å². The van der Waals surface area contributed by atoms with Crippen molar-refractivity contribution >= 4 is 39.0 Å². The van der Waals surface area contributed by atoms with E-state index in [2.05, 4.69) is 9.97 Å². The second-order valence-corrected chi connectivity index (χ2v) is 8.20. The summed E-state index contributed by atoms with van der Waals surface area (Å²) in [5.74, 6) is 1.31. The second-order valence-electron chi connectivity index (χ2n) is 5.44. The van der Waals surface area contributed by atoms with Crippen molar-refractivity contribution in [1.29, 1.82) is 0 Å². The van der Waals surface area contributed by atoms with Crippen molar-refractivity contribution in [1.82, 2.24) is 14.3 Å². The summed E-state index contributed by atoms with van der Waals surface area (Å²) < 4.78 is 26.8. The zero-order valence-corrected chi connectivity index (χ0v) is 15.3. The molecular weight excluding hydrogens is 371 g/mol. The standard InChI is InChI=1S/C15H16Cl2N4O2S/c1-11-18-14(17)10-15(19-11)20-6-8-21(9-7-20)24(22,23)13-4-2-12(16)3-5-13/h2-5,10H,6-9H2,1H3. The van der Waals surface area contributed by atoms with E-state index in [-0.39, 0.29) is 4.90 Å². The predicted octanol–water partition coefficient (Wildman–Crippen LogP) is 2.60. The molecule has 9 heteroatoms. The third-order valence-electron chi connectivity index (χ3n) is 3.81. The van der Waals surface area contributed by atoms with E-state index in [0.29, 0.717) is 42.2 Å². The van der Waals surface area contributed by atoms with Crippen LogP contribution in [-0.2, 0) is 10.0 Å². The van der Waals surface area contributed by atoms with Crippen LogP contribution in [0.1, 0.15) is 5.82 Å². The van der Waals surface area contributed by atoms with E-state index in [4.69, 9.17) is 23.2 Å². The minimum atomic E-state index is -3.51. The van der Waals surface area contributed by atoms with E-state index in [1.165, 1.54) is 16.4 Å². The van der Waals surface area contributed by atoms with Crippen molar-refractivity contribution < 1.29 is 8.42 Å². The first-order valence-corrected chi connectivity index (χ1v) is 9.58. The van der Waals surface area contributed by atoms with Gasteiger partial charge < -0.3 is 4.90 Å². The maximum Gasteiger partial charge on any atom is 0.243 e. The van der Waals surface area contributed by atoms with Gasteiger partial charge in [0.05, 0.1) is 4.90 Å². The number of piperazine rings is 1. The van der Waals surface area contributed by atoms with Crippen LogP contribution in [0.2, 0.25) is 10.2 Å². The lowest BCUT2D eigenvalue weighted by atomic mass is 10.3. The normalized spacial score (nSPS) is 16.4. The summed E-state index contributed by atoms with van der Waals surface area (Å²) >= 11 is 11.8. The van der Waals surface area contributed by atoms with Gasteiger partial charge in [-0.2, -0.15) is 4.31 Å². The van der Waals surface area contributed by atoms with Crippen molar-refractivity contribution in [3.05, 3.63) is 46.3 Å². The first kappa shape index (κ1) is 17.4. The smallest absolute Gasteiger partial charge is 0.243 e. The van der Waals surface area contributed by atoms with Gasteiger partial charge in [0.25, 0.3) is 0 Å². The van der Waals surface area contributed by atoms with Gasteiger partial charge in [0, 0.05) is 37.3 Å². The fraction of sp³-hybridized carbons (Fsp3) is 0.333. The molecule has 0 spiro atoms. The first-order valence-electron chi connectivity index (χ1n) is 7.38. The Kier molecular flexibility index (Phi) is 4.96. The third-order valence-corrected chi connectivity index (χ3v) is 6.17. The molecule has 2 heterocycles. The molecule has 0 aliphatic carbocycles. The molecule has 2 aromatic rings. The molecular formula is C15H16Cl2N4O2S. The Balaban J connectivity index is 1.73. The van der Waals surface area contributed by atoms with Gasteiger partial charge in [-0.3, -0.25) is 0 Å². The fourth-order valence-corrected chi connectivity index (χ4v) is 4.36. The van der Waals surface area contributed by atoms with Crippen LogP contribution in [0.5, 0.6) is 0 Å². The van der Waals surface area contributed by atoms with E-state index < -0.39 is 10.0 Å². The van der Waals surface area contributed by atoms with Crippen molar-refractivity contribution in [2.45, 2.75) is 11.8 Å². The molecule has 6 nitrogen and oxygen atoms in total. The van der Waals surface area contributed by atoms with Gasteiger partial charge in [-0.15, -0.1) is 0 Å². The maximum atomic E-state index is 12.7. The molecule has 1 aromatic carbocycles. The Morgan fingerprint density at radius 1 is 1.00 bits per heavy atom. The highest BCUT2D eigenvalue weighted by atomic mass is 35.5. The molecule has 0 saturated carbocycles. The van der Waals surface area contributed by atoms with Crippen LogP contribution in [0.3, 0.4) is 0 Å². The summed E-state index contributed by atoms with van der Waals surface area (Å²) in [7, 11) is -3.51. The van der Waals surface area contributed by atoms with Crippen molar-refractivity contribution in [3.8, 4) is 0 Å². The van der Waals surface area contributed by atoms with Gasteiger partial charge >= 0.3 is 0 Å². The quantitative estimate of drug-likeness (QED) is 0.758. The van der Waals surface area contributed by atoms with Crippen LogP contribution in [-0.4, -0.2) is 48.9 Å². The van der Waals surface area contributed by atoms with E-state index in [0.717, 1.165) is 5.82 Å². The molecule has 3 rings (SSSR count). The largest absolute Gasteiger partial charge is 0.354 e. The number of nitrogens with zero attached hydrogens (tertiary/aromatic N) is 4. The lowest BCUT2D eigenvalue weighted by Gasteiger charge is -2.34. The number of aromatic nitrogens is 2. The van der Waals surface area contributed by atoms with Crippen LogP contribution >= 0.6 is 23.2 Å². The summed E-state index contributed by atoms with van der Waals surface area (Å²) in [5.41, 5.74) is 0. The first-order chi connectivity index (χ1) is 11.4. The molecule has 0 amide bonds. The van der Waals surface area contributed by atoms with Crippen LogP contribution in [0.25, 0.3) is 0 Å². The molecule has 0 radical (unpaired) electrons. The maximum absolute atomic E-state index is 12.7. The SMILES string of the molecule is Cc1nc(Cl)cc(N2CCN(S(=O)(=O)c3ccc(Cl)cc3)CC2)n1. The summed E-state index contributed by atoms with van der Waals surface area (Å²) in [6, 6.07) is 7.90. The number of hydrogen-bond donors (Lipinski definition) is 0. The Morgan fingerprint density at radius 2 is 1.62 bits per heavy atom. The lowest BCUT2D eigenvalue weighted by molar-refractivity contribution is 0.383. The molecule has 128 valence electrons. The van der Waals surface area contributed by atoms with Crippen LogP contribution in [0.15, 0.2) is 35.2 Å². The summed E-state index contributed by atoms with van der Waals surface area (Å²) in [6.45, 7) is 3.62. The lowest BCUT2D eigenvalue weighted by Crippen LogP contribution is -2.49. The van der Waals surface area contributed by atoms with Gasteiger partial charge in [0.2, 0.25) is 10.0 Å². The van der Waals surface area contributed by atoms with Crippen molar-refractivity contribution in [2.75, 3.05) is 31.1 Å². The number of hydrogen-bond acceptors (Lipinski definition) is 5. The van der Waals surface area contributed by atoms with Gasteiger partial charge in [-0.1, -0.05) is 23.2 Å². The van der Waals surface area contributed by atoms with E-state index in [1.54, 1.807) is 25.1 Å². The average Bonchev–Trinajstić information content (AvgIpc) is 2.54. The monoisotopic (exact) mass is 386 g/mol. The number of halogens is 2. The Hall–Kier alpha value is -1.41. The number of rotatable bonds is 3. The van der Waals surface area contributed by atoms with Crippen LogP contribution in [0, 0.1) is 6.92 Å². The van der Waals surface area contributed by atoms with E-state index >= 15 is 0 Å². The zero-order chi connectivity index (χ0) is 17.3. The molecule has 1 saturated heterocycles. The molecule has 1 aliphatic heterocycles. The fourth-order valence-electron chi connectivity index (χ4n) is 2.59. The summed E-state index contributed by atoms with van der Waals surface area (Å²) in [6.07, 6.45) is 0. The topological polar surface area (TPSA) is 66.4 Å². The minimum Gasteiger partial charge on any atom is -0.354 e. The summed E-state index contributed by atoms with van der Waals surface area (Å²) in [5, 5.41) is 0.892. The summed E-state index contributed by atoms with van der Waals surface area (Å²) in [4.78, 5) is 10.7. The predicted molar refractivity (Wildman–Crippen MR) is 94.2 cm³/mol. The van der Waals surface area contributed by atoms with Gasteiger partial charge in [0.15, 0.2) is 0 Å². The molecule has 1 aliphatic rings. The molecule has 24 heavy (non-hydrogen) atoms. The zero-order valence-electron chi connectivity index (χ0n) is 13.0. The Bertz CT molecular complexity index is 815. The second kappa shape index (κ2) is 6.84. The van der Waals surface area contributed by atoms with Crippen LogP contribution < -0.4 is 4.90 Å². The Labute approximate surface area is 151 Å². The van der Waals surface area contributed by atoms with Gasteiger partial charge in [-0.25, -0.2) is 18.4 Å². The highest BCUT2D eigenvalue weighted by Gasteiger charge is 2.29. The van der Waals surface area contributed by atoms with Crippen LogP contribution in [0.4, 0.5) is 5.82 Å². The Morgan fingerprint density at radius 3 is 2.21 bits per heavy atom. The highest BCUT2D eigenvalue weighted by molar-refractivity contribution is 7.89. The average molecular weight is 387 g/mol. The molecule has 0 atom stereocenters. The number of benzene rings is 1. The molecule has 0 unspecified atom stereocenters. The molecule has 0 bridgehead atoms. The van der Waals surface area contributed by atoms with Crippen molar-refractivity contribution in [2.24, 2.45) is 0 Å². The molecule has 1 aromatic heterocycles. The van der Waals surface area contributed by atoms with E-state index in [1.807, 2.05) is 4.90 Å². The third kappa shape index (κ3) is 3.64. The number of sulfonamides is 1. The number of anilines is 1. The molecule has 0 N–H and O–H groups in total. The minimum absolute atomic E-state index is 0.251. The van der Waals surface area contributed by atoms with E-state index in [9.17, 15) is 8.42 Å². The number of aryl methyl sites for hydroxylation is 1. The molecule has 1 fully saturated rings. The van der Waals surface area contributed by atoms with Gasteiger partial charge in [-0.05, 0) is 31.2 Å². The van der Waals surface area contributed by atoms with Gasteiger partial charge in [0.1, 0.15) is 16.8 Å². The highest BCUT2D eigenvalue weighted by Crippen LogP contribution is 2.22.